The summed E-state index contributed by atoms with van der Waals surface area (Å²) in [6.45, 7) is 0.420. The molecule has 0 aliphatic heterocycles. The molecule has 2 N–H and O–H groups in total. The third-order valence-electron chi connectivity index (χ3n) is 5.11. The van der Waals surface area contributed by atoms with Gasteiger partial charge in [-0.15, -0.1) is 25.6 Å². The molecule has 0 saturated heterocycles. The van der Waals surface area contributed by atoms with Crippen molar-refractivity contribution in [2.75, 3.05) is 0 Å². The molecule has 1 heterocycles. The first-order valence-corrected chi connectivity index (χ1v) is 10.8. The smallest absolute Gasteiger partial charge is 0.473 e. The summed E-state index contributed by atoms with van der Waals surface area (Å²) < 4.78 is 54.8. The Hall–Kier alpha value is -3.75. The summed E-state index contributed by atoms with van der Waals surface area (Å²) in [4.78, 5) is 4.49. The Morgan fingerprint density at radius 2 is 1.36 bits per heavy atom. The van der Waals surface area contributed by atoms with Crippen LogP contribution in [0.5, 0.6) is 17.5 Å². The van der Waals surface area contributed by atoms with E-state index in [0.29, 0.717) is 23.6 Å². The number of pyridine rings is 1. The molecule has 9 heteroatoms. The predicted octanol–water partition coefficient (Wildman–Crippen LogP) is 6.69. The summed E-state index contributed by atoms with van der Waals surface area (Å²) in [5, 5.41) is 0. The molecule has 0 radical (unpaired) electrons. The van der Waals surface area contributed by atoms with E-state index in [0.717, 1.165) is 11.1 Å². The fourth-order valence-electron chi connectivity index (χ4n) is 3.40. The molecule has 0 saturated carbocycles. The lowest BCUT2D eigenvalue weighted by Gasteiger charge is -2.16. The number of alkyl halides is 3. The number of benzene rings is 3. The van der Waals surface area contributed by atoms with Gasteiger partial charge >= 0.3 is 6.36 Å². The van der Waals surface area contributed by atoms with Gasteiger partial charge in [-0.3, -0.25) is 0 Å². The molecule has 188 valence electrons. The highest BCUT2D eigenvalue weighted by Gasteiger charge is 2.32. The standard InChI is InChI=1S/C27H23F3N2O3.ClH/c28-27(29,30)35-24-15-21(11-12-22(24)16-31)23-13-14-25(33-17-19-7-3-1-4-8-19)32-26(23)34-18-20-9-5-2-6-10-20;/h1-15H,16-18,31H2;1H. The van der Waals surface area contributed by atoms with Crippen LogP contribution in [0.1, 0.15) is 16.7 Å². The topological polar surface area (TPSA) is 66.6 Å². The van der Waals surface area contributed by atoms with Gasteiger partial charge in [0.1, 0.15) is 19.0 Å². The normalized spacial score (nSPS) is 10.9. The number of aromatic nitrogens is 1. The van der Waals surface area contributed by atoms with Crippen molar-refractivity contribution in [1.82, 2.24) is 4.98 Å². The van der Waals surface area contributed by atoms with Gasteiger partial charge in [-0.2, -0.15) is 4.98 Å². The molecule has 5 nitrogen and oxygen atoms in total. The first-order valence-electron chi connectivity index (χ1n) is 10.8. The molecule has 0 fully saturated rings. The van der Waals surface area contributed by atoms with Crippen LogP contribution in [-0.4, -0.2) is 11.3 Å². The Labute approximate surface area is 213 Å². The lowest BCUT2D eigenvalue weighted by molar-refractivity contribution is -0.274. The van der Waals surface area contributed by atoms with Gasteiger partial charge < -0.3 is 19.9 Å². The molecule has 4 rings (SSSR count). The highest BCUT2D eigenvalue weighted by atomic mass is 35.5. The van der Waals surface area contributed by atoms with E-state index in [1.807, 2.05) is 60.7 Å². The van der Waals surface area contributed by atoms with Crippen LogP contribution in [-0.2, 0) is 19.8 Å². The number of hydrogen-bond acceptors (Lipinski definition) is 5. The molecule has 0 atom stereocenters. The van der Waals surface area contributed by atoms with Gasteiger partial charge in [0.05, 0.1) is 0 Å². The number of halogens is 4. The lowest BCUT2D eigenvalue weighted by Crippen LogP contribution is -2.18. The Bertz CT molecular complexity index is 1260. The fourth-order valence-corrected chi connectivity index (χ4v) is 3.40. The zero-order valence-corrected chi connectivity index (χ0v) is 19.9. The molecule has 0 aliphatic rings. The van der Waals surface area contributed by atoms with Crippen LogP contribution in [0.25, 0.3) is 11.1 Å². The van der Waals surface area contributed by atoms with Gasteiger partial charge in [-0.25, -0.2) is 0 Å². The van der Waals surface area contributed by atoms with Crippen LogP contribution < -0.4 is 19.9 Å². The van der Waals surface area contributed by atoms with Crippen molar-refractivity contribution in [3.8, 4) is 28.6 Å². The zero-order chi connectivity index (χ0) is 24.7. The fraction of sp³-hybridized carbons (Fsp3) is 0.148. The Morgan fingerprint density at radius 1 is 0.750 bits per heavy atom. The monoisotopic (exact) mass is 516 g/mol. The van der Waals surface area contributed by atoms with E-state index in [4.69, 9.17) is 15.2 Å². The first kappa shape index (κ1) is 26.8. The molecule has 0 amide bonds. The number of rotatable bonds is 9. The summed E-state index contributed by atoms with van der Waals surface area (Å²) >= 11 is 0. The molecule has 0 bridgehead atoms. The molecule has 0 spiro atoms. The van der Waals surface area contributed by atoms with Crippen LogP contribution in [0.15, 0.2) is 91.0 Å². The maximum absolute atomic E-state index is 12.9. The molecule has 0 unspecified atom stereocenters. The van der Waals surface area contributed by atoms with E-state index in [2.05, 4.69) is 9.72 Å². The van der Waals surface area contributed by atoms with Crippen LogP contribution in [0.4, 0.5) is 13.2 Å². The first-order chi connectivity index (χ1) is 16.9. The maximum atomic E-state index is 12.9. The van der Waals surface area contributed by atoms with Crippen molar-refractivity contribution in [2.24, 2.45) is 5.73 Å². The summed E-state index contributed by atoms with van der Waals surface area (Å²) in [7, 11) is 0. The van der Waals surface area contributed by atoms with Crippen LogP contribution in [0.3, 0.4) is 0 Å². The van der Waals surface area contributed by atoms with Crippen LogP contribution in [0, 0.1) is 0 Å². The summed E-state index contributed by atoms with van der Waals surface area (Å²) in [6.07, 6.45) is -4.84. The predicted molar refractivity (Wildman–Crippen MR) is 133 cm³/mol. The average Bonchev–Trinajstić information content (AvgIpc) is 2.86. The minimum absolute atomic E-state index is 0. The SMILES string of the molecule is Cl.NCc1ccc(-c2ccc(OCc3ccccc3)nc2OCc2ccccc2)cc1OC(F)(F)F. The van der Waals surface area contributed by atoms with Crippen molar-refractivity contribution < 1.29 is 27.4 Å². The van der Waals surface area contributed by atoms with Gasteiger partial charge in [-0.1, -0.05) is 72.8 Å². The Kier molecular flexibility index (Phi) is 9.16. The molecule has 1 aromatic heterocycles. The molecular weight excluding hydrogens is 493 g/mol. The van der Waals surface area contributed by atoms with E-state index in [9.17, 15) is 13.2 Å². The second-order valence-corrected chi connectivity index (χ2v) is 7.63. The third kappa shape index (κ3) is 7.37. The second-order valence-electron chi connectivity index (χ2n) is 7.63. The highest BCUT2D eigenvalue weighted by molar-refractivity contribution is 5.85. The molecule has 36 heavy (non-hydrogen) atoms. The minimum Gasteiger partial charge on any atom is -0.473 e. The zero-order valence-electron chi connectivity index (χ0n) is 19.1. The number of nitrogens with two attached hydrogens (primary N) is 1. The second kappa shape index (κ2) is 12.3. The Morgan fingerprint density at radius 3 is 1.94 bits per heavy atom. The summed E-state index contributed by atoms with van der Waals surface area (Å²) in [6, 6.07) is 26.9. The van der Waals surface area contributed by atoms with E-state index in [1.54, 1.807) is 18.2 Å². The van der Waals surface area contributed by atoms with E-state index < -0.39 is 6.36 Å². The number of ether oxygens (including phenoxy) is 3. The largest absolute Gasteiger partial charge is 0.573 e. The lowest BCUT2D eigenvalue weighted by atomic mass is 10.0. The van der Waals surface area contributed by atoms with Crippen molar-refractivity contribution in [3.63, 3.8) is 0 Å². The number of nitrogens with zero attached hydrogens (tertiary/aromatic N) is 1. The van der Waals surface area contributed by atoms with Crippen molar-refractivity contribution in [3.05, 3.63) is 108 Å². The van der Waals surface area contributed by atoms with E-state index >= 15 is 0 Å². The van der Waals surface area contributed by atoms with Gasteiger partial charge in [-0.05, 0) is 28.8 Å². The highest BCUT2D eigenvalue weighted by Crippen LogP contribution is 2.36. The summed E-state index contributed by atoms with van der Waals surface area (Å²) in [5.41, 5.74) is 8.64. The van der Waals surface area contributed by atoms with Gasteiger partial charge in [0, 0.05) is 23.7 Å². The minimum atomic E-state index is -4.84. The van der Waals surface area contributed by atoms with Crippen molar-refractivity contribution in [2.45, 2.75) is 26.1 Å². The van der Waals surface area contributed by atoms with Gasteiger partial charge in [0.25, 0.3) is 0 Å². The van der Waals surface area contributed by atoms with Crippen LogP contribution >= 0.6 is 12.4 Å². The summed E-state index contributed by atoms with van der Waals surface area (Å²) in [5.74, 6) is 0.180. The average molecular weight is 517 g/mol. The molecular formula is C27H24ClF3N2O3. The quantitative estimate of drug-likeness (QED) is 0.268. The number of hydrogen-bond donors (Lipinski definition) is 1. The molecule has 4 aromatic rings. The van der Waals surface area contributed by atoms with Crippen LogP contribution in [0.2, 0.25) is 0 Å². The maximum Gasteiger partial charge on any atom is 0.573 e. The van der Waals surface area contributed by atoms with Gasteiger partial charge in [0.2, 0.25) is 11.8 Å². The third-order valence-corrected chi connectivity index (χ3v) is 5.11. The Balaban J connectivity index is 0.00000361. The van der Waals surface area contributed by atoms with Crippen molar-refractivity contribution >= 4 is 12.4 Å². The molecule has 0 aliphatic carbocycles. The van der Waals surface area contributed by atoms with E-state index in [-0.39, 0.29) is 42.8 Å². The van der Waals surface area contributed by atoms with Gasteiger partial charge in [0.15, 0.2) is 0 Å². The molecule has 3 aromatic carbocycles. The van der Waals surface area contributed by atoms with Crippen molar-refractivity contribution in [1.29, 1.82) is 0 Å². The van der Waals surface area contributed by atoms with E-state index in [1.165, 1.54) is 12.1 Å².